The maximum atomic E-state index is 12.3. The van der Waals surface area contributed by atoms with E-state index in [-0.39, 0.29) is 22.1 Å². The Bertz CT molecular complexity index is 953. The number of benzene rings is 2. The van der Waals surface area contributed by atoms with Crippen LogP contribution in [0.15, 0.2) is 48.7 Å². The highest BCUT2D eigenvalue weighted by molar-refractivity contribution is 6.31. The quantitative estimate of drug-likeness (QED) is 0.148. The highest BCUT2D eigenvalue weighted by atomic mass is 35.5. The molecule has 2 rings (SSSR count). The first-order chi connectivity index (χ1) is 14.3. The molecular formula is C19H20Cl2N5O4-. The number of carbonyl (C=O) groups excluding carboxylic acids is 1. The number of carbonyl (C=O) groups is 1. The highest BCUT2D eigenvalue weighted by Gasteiger charge is 2.12. The van der Waals surface area contributed by atoms with Crippen molar-refractivity contribution in [1.29, 1.82) is 0 Å². The van der Waals surface area contributed by atoms with Crippen molar-refractivity contribution in [2.75, 3.05) is 23.9 Å². The fourth-order valence-corrected chi connectivity index (χ4v) is 2.66. The predicted molar refractivity (Wildman–Crippen MR) is 120 cm³/mol. The number of nitrogens with zero attached hydrogens (tertiary/aromatic N) is 1. The lowest BCUT2D eigenvalue weighted by molar-refractivity contribution is -0.353. The first kappa shape index (κ1) is 23.3. The number of halogens is 2. The number of nitrogens with two attached hydrogens (primary N) is 1. The van der Waals surface area contributed by atoms with Gasteiger partial charge in [0.15, 0.2) is 0 Å². The van der Waals surface area contributed by atoms with Gasteiger partial charge in [0.2, 0.25) is 11.9 Å². The predicted octanol–water partition coefficient (Wildman–Crippen LogP) is 4.18. The molecule has 0 aliphatic heterocycles. The molecule has 0 aliphatic rings. The molecule has 2 amide bonds. The van der Waals surface area contributed by atoms with Gasteiger partial charge < -0.3 is 37.0 Å². The Labute approximate surface area is 183 Å². The van der Waals surface area contributed by atoms with Gasteiger partial charge in [0, 0.05) is 16.1 Å². The van der Waals surface area contributed by atoms with Gasteiger partial charge in [-0.05, 0) is 43.3 Å². The van der Waals surface area contributed by atoms with Gasteiger partial charge in [-0.3, -0.25) is 0 Å². The summed E-state index contributed by atoms with van der Waals surface area (Å²) in [5, 5.41) is 29.0. The summed E-state index contributed by atoms with van der Waals surface area (Å²) in [7, 11) is 0. The summed E-state index contributed by atoms with van der Waals surface area (Å²) in [6.07, 6.45) is 1.64. The lowest BCUT2D eigenvalue weighted by Crippen LogP contribution is -2.29. The molecular weight excluding hydrogens is 433 g/mol. The van der Waals surface area contributed by atoms with E-state index in [1.54, 1.807) is 17.6 Å². The van der Waals surface area contributed by atoms with E-state index in [0.29, 0.717) is 40.8 Å². The number of allylic oxidation sites excluding steroid dienone is 1. The van der Waals surface area contributed by atoms with Crippen molar-refractivity contribution in [2.24, 2.45) is 5.73 Å². The summed E-state index contributed by atoms with van der Waals surface area (Å²) in [5.74, 6) is 0.412. The minimum atomic E-state index is -0.672. The topological polar surface area (TPSA) is 138 Å². The van der Waals surface area contributed by atoms with Crippen LogP contribution in [0.1, 0.15) is 6.42 Å². The van der Waals surface area contributed by atoms with Crippen LogP contribution in [-0.2, 0) is 0 Å². The standard InChI is InChI=1S/C19H20Cl2N5O4/c1-12(11-26(29)17-5-3-13(20)9-15(17)25-28)23-19(27)24-16-10-14(21)4-6-18(16)30-8-2-7-22/h3-6,9-11,25H,1-2,7-8,22H2,(H2,23,24,27)/q-1/b26-11+. The van der Waals surface area contributed by atoms with Crippen LogP contribution in [-0.4, -0.2) is 30.1 Å². The first-order valence-corrected chi connectivity index (χ1v) is 9.48. The number of urea groups is 1. The van der Waals surface area contributed by atoms with Crippen molar-refractivity contribution in [3.05, 3.63) is 69.1 Å². The second-order valence-corrected chi connectivity index (χ2v) is 6.83. The van der Waals surface area contributed by atoms with Crippen LogP contribution in [0.3, 0.4) is 0 Å². The van der Waals surface area contributed by atoms with Crippen molar-refractivity contribution < 1.29 is 14.3 Å². The number of hydrogen-bond donors (Lipinski definition) is 4. The summed E-state index contributed by atoms with van der Waals surface area (Å²) in [6.45, 7) is 4.45. The fraction of sp³-hybridized carbons (Fsp3) is 0.158. The van der Waals surface area contributed by atoms with Crippen molar-refractivity contribution in [2.45, 2.75) is 6.42 Å². The molecule has 2 aromatic rings. The third-order valence-electron chi connectivity index (χ3n) is 3.65. The summed E-state index contributed by atoms with van der Waals surface area (Å²) in [6, 6.07) is 8.20. The Balaban J connectivity index is 2.07. The zero-order valence-corrected chi connectivity index (χ0v) is 17.3. The van der Waals surface area contributed by atoms with Gasteiger partial charge in [-0.1, -0.05) is 29.8 Å². The second kappa shape index (κ2) is 11.3. The summed E-state index contributed by atoms with van der Waals surface area (Å²) in [5.41, 5.74) is 7.37. The van der Waals surface area contributed by atoms with Crippen molar-refractivity contribution in [3.8, 4) is 5.75 Å². The molecule has 0 fully saturated rings. The lowest BCUT2D eigenvalue weighted by atomic mass is 10.2. The molecule has 0 heterocycles. The van der Waals surface area contributed by atoms with Crippen LogP contribution < -0.4 is 26.6 Å². The molecule has 0 radical (unpaired) electrons. The van der Waals surface area contributed by atoms with Gasteiger partial charge in [-0.2, -0.15) is 4.74 Å². The van der Waals surface area contributed by atoms with E-state index in [2.05, 4.69) is 17.2 Å². The van der Waals surface area contributed by atoms with E-state index >= 15 is 0 Å². The summed E-state index contributed by atoms with van der Waals surface area (Å²) in [4.78, 5) is 12.3. The molecule has 30 heavy (non-hydrogen) atoms. The van der Waals surface area contributed by atoms with Crippen molar-refractivity contribution in [1.82, 2.24) is 5.32 Å². The van der Waals surface area contributed by atoms with Crippen LogP contribution >= 0.6 is 23.2 Å². The molecule has 11 heteroatoms. The average molecular weight is 453 g/mol. The van der Waals surface area contributed by atoms with E-state index < -0.39 is 6.03 Å². The van der Waals surface area contributed by atoms with Crippen LogP contribution in [0, 0.1) is 10.4 Å². The van der Waals surface area contributed by atoms with Crippen LogP contribution in [0.4, 0.5) is 21.9 Å². The number of amides is 2. The van der Waals surface area contributed by atoms with Gasteiger partial charge in [-0.15, -0.1) is 0 Å². The second-order valence-electron chi connectivity index (χ2n) is 5.95. The van der Waals surface area contributed by atoms with Crippen molar-refractivity contribution >= 4 is 52.5 Å². The minimum absolute atomic E-state index is 0.00295. The molecule has 0 unspecified atom stereocenters. The third-order valence-corrected chi connectivity index (χ3v) is 4.12. The number of rotatable bonds is 9. The van der Waals surface area contributed by atoms with Gasteiger partial charge in [0.25, 0.3) is 0 Å². The average Bonchev–Trinajstić information content (AvgIpc) is 2.69. The zero-order valence-electron chi connectivity index (χ0n) is 15.8. The highest BCUT2D eigenvalue weighted by Crippen LogP contribution is 2.29. The van der Waals surface area contributed by atoms with Gasteiger partial charge in [0.1, 0.15) is 11.4 Å². The third kappa shape index (κ3) is 6.82. The first-order valence-electron chi connectivity index (χ1n) is 8.72. The Hall–Kier alpha value is -2.98. The van der Waals surface area contributed by atoms with E-state index in [0.717, 1.165) is 6.21 Å². The number of nitrogens with one attached hydrogen (secondary N) is 3. The fourth-order valence-electron chi connectivity index (χ4n) is 2.32. The maximum Gasteiger partial charge on any atom is 0.323 e. The molecule has 0 saturated heterocycles. The summed E-state index contributed by atoms with van der Waals surface area (Å²) < 4.78 is 5.95. The molecule has 2 aromatic carbocycles. The van der Waals surface area contributed by atoms with E-state index in [1.807, 2.05) is 0 Å². The van der Waals surface area contributed by atoms with E-state index in [4.69, 9.17) is 33.7 Å². The molecule has 0 spiro atoms. The zero-order chi connectivity index (χ0) is 22.1. The van der Waals surface area contributed by atoms with Crippen LogP contribution in [0.5, 0.6) is 5.75 Å². The van der Waals surface area contributed by atoms with Crippen molar-refractivity contribution in [3.63, 3.8) is 0 Å². The maximum absolute atomic E-state index is 12.3. The van der Waals surface area contributed by atoms with Crippen LogP contribution in [0.2, 0.25) is 10.0 Å². The van der Waals surface area contributed by atoms with E-state index in [1.165, 1.54) is 24.3 Å². The Morgan fingerprint density at radius 2 is 1.87 bits per heavy atom. The van der Waals surface area contributed by atoms with Gasteiger partial charge >= 0.3 is 6.03 Å². The van der Waals surface area contributed by atoms with Crippen LogP contribution in [0.25, 0.3) is 0 Å². The molecule has 0 aromatic heterocycles. The molecule has 160 valence electrons. The number of ether oxygens (including phenoxy) is 1. The molecule has 5 N–H and O–H groups in total. The SMILES string of the molecule is C=C(/C=[N+](/[O-])c1ccc(Cl)cc1N[O-])NC(=O)Nc1cc(Cl)ccc1OCCCN. The van der Waals surface area contributed by atoms with Gasteiger partial charge in [-0.25, -0.2) is 4.79 Å². The Morgan fingerprint density at radius 3 is 2.53 bits per heavy atom. The molecule has 0 atom stereocenters. The largest absolute Gasteiger partial charge is 0.761 e. The number of anilines is 2. The monoisotopic (exact) mass is 452 g/mol. The summed E-state index contributed by atoms with van der Waals surface area (Å²) >= 11 is 11.8. The smallest absolute Gasteiger partial charge is 0.323 e. The van der Waals surface area contributed by atoms with Gasteiger partial charge in [0.05, 0.1) is 18.0 Å². The Kier molecular flexibility index (Phi) is 8.75. The Morgan fingerprint density at radius 1 is 1.20 bits per heavy atom. The minimum Gasteiger partial charge on any atom is -0.761 e. The molecule has 9 nitrogen and oxygen atoms in total. The van der Waals surface area contributed by atoms with E-state index in [9.17, 15) is 15.2 Å². The number of hydrogen-bond acceptors (Lipinski definition) is 6. The molecule has 0 bridgehead atoms. The normalized spacial score (nSPS) is 11.0. The lowest BCUT2D eigenvalue weighted by Gasteiger charge is -2.15. The molecule has 0 aliphatic carbocycles. The molecule has 0 saturated carbocycles.